The van der Waals surface area contributed by atoms with E-state index < -0.39 is 16.0 Å². The van der Waals surface area contributed by atoms with Gasteiger partial charge in [-0.25, -0.2) is 13.2 Å². The first-order valence-corrected chi connectivity index (χ1v) is 7.70. The van der Waals surface area contributed by atoms with Gasteiger partial charge in [-0.2, -0.15) is 4.31 Å². The van der Waals surface area contributed by atoms with Crippen LogP contribution in [-0.2, 0) is 26.5 Å². The van der Waals surface area contributed by atoms with Crippen LogP contribution in [0.2, 0.25) is 0 Å². The molecule has 2 rings (SSSR count). The van der Waals surface area contributed by atoms with E-state index in [4.69, 9.17) is 14.6 Å². The van der Waals surface area contributed by atoms with Gasteiger partial charge in [0, 0.05) is 40.6 Å². The van der Waals surface area contributed by atoms with Gasteiger partial charge < -0.3 is 19.1 Å². The molecule has 1 N–H and O–H groups in total. The molecule has 1 saturated heterocycles. The minimum absolute atomic E-state index is 0.0472. The molecular weight excluding hydrogens is 300 g/mol. The summed E-state index contributed by atoms with van der Waals surface area (Å²) in [6.07, 6.45) is 0.612. The van der Waals surface area contributed by atoms with Crippen molar-refractivity contribution in [2.45, 2.75) is 17.1 Å². The van der Waals surface area contributed by atoms with Crippen LogP contribution in [0, 0.1) is 0 Å². The number of aromatic carboxylic acids is 1. The number of ether oxygens (including phenoxy) is 2. The molecule has 0 spiro atoms. The molecule has 0 aromatic carbocycles. The van der Waals surface area contributed by atoms with Gasteiger partial charge in [-0.3, -0.25) is 0 Å². The number of nitrogens with zero attached hydrogens (tertiary/aromatic N) is 2. The fourth-order valence-corrected chi connectivity index (χ4v) is 3.93. The zero-order chi connectivity index (χ0) is 15.8. The minimum Gasteiger partial charge on any atom is -0.477 e. The van der Waals surface area contributed by atoms with Crippen LogP contribution >= 0.6 is 0 Å². The number of aromatic nitrogens is 1. The van der Waals surface area contributed by atoms with Crippen molar-refractivity contribution in [1.82, 2.24) is 8.87 Å². The highest BCUT2D eigenvalue weighted by atomic mass is 32.2. The monoisotopic (exact) mass is 318 g/mol. The average molecular weight is 318 g/mol. The Bertz CT molecular complexity index is 626. The van der Waals surface area contributed by atoms with Gasteiger partial charge in [0.05, 0.1) is 12.2 Å². The molecule has 1 aliphatic heterocycles. The van der Waals surface area contributed by atoms with Crippen LogP contribution in [0.5, 0.6) is 0 Å². The molecule has 21 heavy (non-hydrogen) atoms. The van der Waals surface area contributed by atoms with Crippen molar-refractivity contribution in [3.05, 3.63) is 18.0 Å². The molecule has 1 aliphatic rings. The van der Waals surface area contributed by atoms with E-state index in [2.05, 4.69) is 0 Å². The Morgan fingerprint density at radius 3 is 2.19 bits per heavy atom. The third-order valence-corrected chi connectivity index (χ3v) is 5.42. The lowest BCUT2D eigenvalue weighted by Gasteiger charge is -2.14. The SMILES string of the molecule is COC1CN(S(=O)(=O)c2cc(C(=O)O)n(C)c2)CC1OC. The van der Waals surface area contributed by atoms with Gasteiger partial charge >= 0.3 is 5.97 Å². The molecule has 8 nitrogen and oxygen atoms in total. The van der Waals surface area contributed by atoms with Crippen molar-refractivity contribution < 1.29 is 27.8 Å². The molecule has 1 fully saturated rings. The molecule has 118 valence electrons. The molecule has 2 heterocycles. The average Bonchev–Trinajstić information content (AvgIpc) is 3.02. The fourth-order valence-electron chi connectivity index (χ4n) is 2.40. The number of hydrogen-bond donors (Lipinski definition) is 1. The summed E-state index contributed by atoms with van der Waals surface area (Å²) in [5.74, 6) is -1.18. The van der Waals surface area contributed by atoms with E-state index in [1.807, 2.05) is 0 Å². The van der Waals surface area contributed by atoms with Gasteiger partial charge in [-0.1, -0.05) is 0 Å². The molecular formula is C12H18N2O6S. The molecule has 0 radical (unpaired) electrons. The van der Waals surface area contributed by atoms with Gasteiger partial charge in [0.1, 0.15) is 10.6 Å². The van der Waals surface area contributed by atoms with E-state index in [1.54, 1.807) is 0 Å². The Morgan fingerprint density at radius 2 is 1.81 bits per heavy atom. The fraction of sp³-hybridized carbons (Fsp3) is 0.583. The number of carbonyl (C=O) groups is 1. The van der Waals surface area contributed by atoms with Crippen LogP contribution in [0.15, 0.2) is 17.2 Å². The molecule has 2 unspecified atom stereocenters. The summed E-state index contributed by atoms with van der Waals surface area (Å²) < 4.78 is 38.1. The molecule has 9 heteroatoms. The normalized spacial score (nSPS) is 23.6. The zero-order valence-corrected chi connectivity index (χ0v) is 12.8. The topological polar surface area (TPSA) is 98.1 Å². The largest absolute Gasteiger partial charge is 0.477 e. The Kier molecular flexibility index (Phi) is 4.38. The van der Waals surface area contributed by atoms with Crippen molar-refractivity contribution in [2.75, 3.05) is 27.3 Å². The van der Waals surface area contributed by atoms with Crippen molar-refractivity contribution >= 4 is 16.0 Å². The Labute approximate surface area is 122 Å². The lowest BCUT2D eigenvalue weighted by atomic mass is 10.3. The van der Waals surface area contributed by atoms with Gasteiger partial charge in [0.2, 0.25) is 10.0 Å². The smallest absolute Gasteiger partial charge is 0.352 e. The lowest BCUT2D eigenvalue weighted by molar-refractivity contribution is -0.00461. The summed E-state index contributed by atoms with van der Waals surface area (Å²) >= 11 is 0. The highest BCUT2D eigenvalue weighted by molar-refractivity contribution is 7.89. The summed E-state index contributed by atoms with van der Waals surface area (Å²) in [5.41, 5.74) is -0.0839. The Morgan fingerprint density at radius 1 is 1.29 bits per heavy atom. The maximum atomic E-state index is 12.6. The summed E-state index contributed by atoms with van der Waals surface area (Å²) in [6, 6.07) is 1.15. The van der Waals surface area contributed by atoms with E-state index in [0.29, 0.717) is 0 Å². The number of aryl methyl sites for hydroxylation is 1. The van der Waals surface area contributed by atoms with Crippen LogP contribution in [0.25, 0.3) is 0 Å². The number of sulfonamides is 1. The van der Waals surface area contributed by atoms with E-state index in [0.717, 1.165) is 6.07 Å². The number of rotatable bonds is 5. The highest BCUT2D eigenvalue weighted by Gasteiger charge is 2.40. The Hall–Kier alpha value is -1.42. The first-order chi connectivity index (χ1) is 9.81. The second-order valence-corrected chi connectivity index (χ2v) is 6.79. The number of carboxylic acid groups (broad SMARTS) is 1. The van der Waals surface area contributed by atoms with Gasteiger partial charge in [0.25, 0.3) is 0 Å². The van der Waals surface area contributed by atoms with Crippen LogP contribution in [0.4, 0.5) is 0 Å². The van der Waals surface area contributed by atoms with Crippen molar-refractivity contribution in [3.8, 4) is 0 Å². The summed E-state index contributed by atoms with van der Waals surface area (Å²) in [4.78, 5) is 11.0. The van der Waals surface area contributed by atoms with Crippen LogP contribution < -0.4 is 0 Å². The maximum Gasteiger partial charge on any atom is 0.352 e. The molecule has 0 aliphatic carbocycles. The number of hydrogen-bond acceptors (Lipinski definition) is 5. The van der Waals surface area contributed by atoms with E-state index in [-0.39, 0.29) is 35.9 Å². The van der Waals surface area contributed by atoms with E-state index >= 15 is 0 Å². The molecule has 2 atom stereocenters. The molecule has 0 bridgehead atoms. The first-order valence-electron chi connectivity index (χ1n) is 6.26. The zero-order valence-electron chi connectivity index (χ0n) is 12.0. The molecule has 0 saturated carbocycles. The van der Waals surface area contributed by atoms with Gasteiger partial charge in [-0.15, -0.1) is 0 Å². The predicted molar refractivity (Wildman–Crippen MR) is 72.7 cm³/mol. The first kappa shape index (κ1) is 16.0. The number of carboxylic acids is 1. The molecule has 1 aromatic heterocycles. The van der Waals surface area contributed by atoms with Crippen LogP contribution in [0.3, 0.4) is 0 Å². The second kappa shape index (κ2) is 5.76. The summed E-state index contributed by atoms with van der Waals surface area (Å²) in [6.45, 7) is 0.350. The van der Waals surface area contributed by atoms with Crippen LogP contribution in [-0.4, -0.2) is 67.9 Å². The van der Waals surface area contributed by atoms with Crippen molar-refractivity contribution in [3.63, 3.8) is 0 Å². The van der Waals surface area contributed by atoms with Crippen molar-refractivity contribution in [1.29, 1.82) is 0 Å². The highest BCUT2D eigenvalue weighted by Crippen LogP contribution is 2.25. The quantitative estimate of drug-likeness (QED) is 0.804. The van der Waals surface area contributed by atoms with E-state index in [9.17, 15) is 13.2 Å². The molecule has 0 amide bonds. The van der Waals surface area contributed by atoms with Gasteiger partial charge in [0.15, 0.2) is 0 Å². The lowest BCUT2D eigenvalue weighted by Crippen LogP contribution is -2.30. The maximum absolute atomic E-state index is 12.6. The molecule has 1 aromatic rings. The van der Waals surface area contributed by atoms with Gasteiger partial charge in [-0.05, 0) is 6.07 Å². The predicted octanol–water partition coefficient (Wildman–Crippen LogP) is -0.242. The van der Waals surface area contributed by atoms with Crippen LogP contribution in [0.1, 0.15) is 10.5 Å². The van der Waals surface area contributed by atoms with Crippen molar-refractivity contribution in [2.24, 2.45) is 7.05 Å². The number of methoxy groups -OCH3 is 2. The second-order valence-electron chi connectivity index (χ2n) is 4.85. The summed E-state index contributed by atoms with van der Waals surface area (Å²) in [7, 11) is 0.713. The minimum atomic E-state index is -3.77. The third-order valence-electron chi connectivity index (χ3n) is 3.62. The third kappa shape index (κ3) is 2.82. The summed E-state index contributed by atoms with van der Waals surface area (Å²) in [5, 5.41) is 9.00. The Balaban J connectivity index is 2.31. The van der Waals surface area contributed by atoms with E-state index in [1.165, 1.54) is 36.3 Å². The standard InChI is InChI=1S/C12H18N2O6S/c1-13-5-8(4-9(13)12(15)16)21(17,18)14-6-10(19-2)11(7-14)20-3/h4-5,10-11H,6-7H2,1-3H3,(H,15,16).